The molecule has 0 saturated heterocycles. The maximum atomic E-state index is 11.9. The number of aryl methyl sites for hydroxylation is 1. The second kappa shape index (κ2) is 6.13. The van der Waals surface area contributed by atoms with Crippen LogP contribution in [0.5, 0.6) is 0 Å². The zero-order chi connectivity index (χ0) is 14.7. The number of benzene rings is 1. The molecule has 0 saturated carbocycles. The Kier molecular flexibility index (Phi) is 4.49. The van der Waals surface area contributed by atoms with Gasteiger partial charge in [-0.05, 0) is 31.5 Å². The van der Waals surface area contributed by atoms with Gasteiger partial charge in [0.15, 0.2) is 5.16 Å². The van der Waals surface area contributed by atoms with Crippen LogP contribution in [0.3, 0.4) is 0 Å². The summed E-state index contributed by atoms with van der Waals surface area (Å²) in [6.07, 6.45) is 3.68. The first-order valence-corrected chi connectivity index (χ1v) is 7.35. The Bertz CT molecular complexity index is 607. The molecule has 0 aliphatic rings. The van der Waals surface area contributed by atoms with Gasteiger partial charge in [-0.1, -0.05) is 23.9 Å². The van der Waals surface area contributed by atoms with Crippen LogP contribution in [0.15, 0.2) is 41.8 Å². The highest BCUT2D eigenvalue weighted by atomic mass is 32.2. The predicted molar refractivity (Wildman–Crippen MR) is 82.3 cm³/mol. The molecule has 20 heavy (non-hydrogen) atoms. The molecular weight excluding hydrogens is 270 g/mol. The fourth-order valence-corrected chi connectivity index (χ4v) is 2.95. The SMILES string of the molecule is Cc1cccc(-n2ccnc2SC(C)C(=O)N(C)C)c1. The first kappa shape index (κ1) is 14.7. The van der Waals surface area contributed by atoms with Crippen molar-refractivity contribution in [3.63, 3.8) is 0 Å². The average molecular weight is 289 g/mol. The van der Waals surface area contributed by atoms with E-state index in [9.17, 15) is 4.79 Å². The second-order valence-electron chi connectivity index (χ2n) is 4.91. The molecule has 0 fully saturated rings. The number of aromatic nitrogens is 2. The highest BCUT2D eigenvalue weighted by Crippen LogP contribution is 2.25. The summed E-state index contributed by atoms with van der Waals surface area (Å²) in [5.74, 6) is 0.0915. The van der Waals surface area contributed by atoms with Crippen molar-refractivity contribution in [2.45, 2.75) is 24.3 Å². The van der Waals surface area contributed by atoms with Crippen LogP contribution in [0.4, 0.5) is 0 Å². The minimum atomic E-state index is -0.157. The number of rotatable bonds is 4. The molecule has 1 heterocycles. The van der Waals surface area contributed by atoms with E-state index in [0.717, 1.165) is 10.8 Å². The Morgan fingerprint density at radius 2 is 2.15 bits per heavy atom. The van der Waals surface area contributed by atoms with Gasteiger partial charge >= 0.3 is 0 Å². The van der Waals surface area contributed by atoms with Gasteiger partial charge in [-0.15, -0.1) is 0 Å². The summed E-state index contributed by atoms with van der Waals surface area (Å²) < 4.78 is 2.01. The highest BCUT2D eigenvalue weighted by Gasteiger charge is 2.19. The number of carbonyl (C=O) groups is 1. The molecule has 1 atom stereocenters. The van der Waals surface area contributed by atoms with Crippen LogP contribution < -0.4 is 0 Å². The van der Waals surface area contributed by atoms with Gasteiger partial charge in [0.05, 0.1) is 5.25 Å². The van der Waals surface area contributed by atoms with E-state index in [-0.39, 0.29) is 11.2 Å². The molecule has 0 aliphatic heterocycles. The van der Waals surface area contributed by atoms with Crippen LogP contribution >= 0.6 is 11.8 Å². The summed E-state index contributed by atoms with van der Waals surface area (Å²) >= 11 is 1.47. The summed E-state index contributed by atoms with van der Waals surface area (Å²) in [4.78, 5) is 17.9. The zero-order valence-electron chi connectivity index (χ0n) is 12.2. The largest absolute Gasteiger partial charge is 0.348 e. The molecule has 0 spiro atoms. The Balaban J connectivity index is 2.23. The topological polar surface area (TPSA) is 38.1 Å². The molecule has 5 heteroatoms. The van der Waals surface area contributed by atoms with Crippen molar-refractivity contribution in [2.24, 2.45) is 0 Å². The van der Waals surface area contributed by atoms with E-state index in [2.05, 4.69) is 24.0 Å². The van der Waals surface area contributed by atoms with Gasteiger partial charge in [0.2, 0.25) is 5.91 Å². The van der Waals surface area contributed by atoms with Crippen molar-refractivity contribution in [2.75, 3.05) is 14.1 Å². The first-order valence-electron chi connectivity index (χ1n) is 6.47. The molecule has 1 aromatic carbocycles. The molecule has 2 rings (SSSR count). The van der Waals surface area contributed by atoms with E-state index in [1.165, 1.54) is 17.3 Å². The molecule has 0 bridgehead atoms. The molecular formula is C15H19N3OS. The van der Waals surface area contributed by atoms with Crippen molar-refractivity contribution in [3.8, 4) is 5.69 Å². The Labute approximate surface area is 123 Å². The number of hydrogen-bond donors (Lipinski definition) is 0. The van der Waals surface area contributed by atoms with Gasteiger partial charge in [0.1, 0.15) is 0 Å². The predicted octanol–water partition coefficient (Wildman–Crippen LogP) is 2.75. The minimum absolute atomic E-state index is 0.0915. The monoisotopic (exact) mass is 289 g/mol. The Morgan fingerprint density at radius 1 is 1.40 bits per heavy atom. The lowest BCUT2D eigenvalue weighted by Gasteiger charge is -2.16. The van der Waals surface area contributed by atoms with Crippen molar-refractivity contribution >= 4 is 17.7 Å². The van der Waals surface area contributed by atoms with Crippen LogP contribution in [0.25, 0.3) is 5.69 Å². The van der Waals surface area contributed by atoms with E-state index >= 15 is 0 Å². The number of amides is 1. The summed E-state index contributed by atoms with van der Waals surface area (Å²) in [5.41, 5.74) is 2.26. The summed E-state index contributed by atoms with van der Waals surface area (Å²) in [6.45, 7) is 3.97. The maximum Gasteiger partial charge on any atom is 0.235 e. The van der Waals surface area contributed by atoms with Crippen LogP contribution in [-0.2, 0) is 4.79 Å². The highest BCUT2D eigenvalue weighted by molar-refractivity contribution is 8.00. The minimum Gasteiger partial charge on any atom is -0.348 e. The van der Waals surface area contributed by atoms with Gasteiger partial charge in [0, 0.05) is 32.2 Å². The summed E-state index contributed by atoms with van der Waals surface area (Å²) in [5, 5.41) is 0.675. The lowest BCUT2D eigenvalue weighted by Crippen LogP contribution is -2.29. The molecule has 106 valence electrons. The van der Waals surface area contributed by atoms with Crippen LogP contribution in [-0.4, -0.2) is 39.7 Å². The molecule has 4 nitrogen and oxygen atoms in total. The van der Waals surface area contributed by atoms with Gasteiger partial charge < -0.3 is 4.90 Å². The van der Waals surface area contributed by atoms with Crippen molar-refractivity contribution in [1.29, 1.82) is 0 Å². The number of imidazole rings is 1. The number of carbonyl (C=O) groups excluding carboxylic acids is 1. The van der Waals surface area contributed by atoms with E-state index in [0.29, 0.717) is 0 Å². The van der Waals surface area contributed by atoms with Gasteiger partial charge in [-0.3, -0.25) is 9.36 Å². The summed E-state index contributed by atoms with van der Waals surface area (Å²) in [7, 11) is 3.54. The third-order valence-electron chi connectivity index (χ3n) is 2.96. The molecule has 0 aliphatic carbocycles. The van der Waals surface area contributed by atoms with E-state index < -0.39 is 0 Å². The quantitative estimate of drug-likeness (QED) is 0.812. The second-order valence-corrected chi connectivity index (χ2v) is 6.22. The van der Waals surface area contributed by atoms with Crippen LogP contribution in [0, 0.1) is 6.92 Å². The van der Waals surface area contributed by atoms with Crippen LogP contribution in [0.2, 0.25) is 0 Å². The van der Waals surface area contributed by atoms with Crippen molar-refractivity contribution in [1.82, 2.24) is 14.5 Å². The standard InChI is InChI=1S/C15H19N3OS/c1-11-6-5-7-13(10-11)18-9-8-16-15(18)20-12(2)14(19)17(3)4/h5-10,12H,1-4H3. The zero-order valence-corrected chi connectivity index (χ0v) is 13.0. The fourth-order valence-electron chi connectivity index (χ4n) is 1.92. The fraction of sp³-hybridized carbons (Fsp3) is 0.333. The maximum absolute atomic E-state index is 11.9. The third kappa shape index (κ3) is 3.22. The lowest BCUT2D eigenvalue weighted by atomic mass is 10.2. The molecule has 1 aromatic heterocycles. The molecule has 2 aromatic rings. The number of thioether (sulfide) groups is 1. The number of nitrogens with zero attached hydrogens (tertiary/aromatic N) is 3. The van der Waals surface area contributed by atoms with Crippen molar-refractivity contribution in [3.05, 3.63) is 42.2 Å². The Morgan fingerprint density at radius 3 is 2.80 bits per heavy atom. The smallest absolute Gasteiger partial charge is 0.235 e. The normalized spacial score (nSPS) is 12.2. The Hall–Kier alpha value is -1.75. The molecule has 1 amide bonds. The number of hydrogen-bond acceptors (Lipinski definition) is 3. The van der Waals surface area contributed by atoms with E-state index in [1.807, 2.05) is 29.8 Å². The van der Waals surface area contributed by atoms with Crippen molar-refractivity contribution < 1.29 is 4.79 Å². The van der Waals surface area contributed by atoms with Crippen LogP contribution in [0.1, 0.15) is 12.5 Å². The average Bonchev–Trinajstić information content (AvgIpc) is 2.85. The lowest BCUT2D eigenvalue weighted by molar-refractivity contribution is -0.127. The van der Waals surface area contributed by atoms with E-state index in [4.69, 9.17) is 0 Å². The molecule has 1 unspecified atom stereocenters. The third-order valence-corrected chi connectivity index (χ3v) is 4.03. The van der Waals surface area contributed by atoms with Gasteiger partial charge in [-0.2, -0.15) is 0 Å². The summed E-state index contributed by atoms with van der Waals surface area (Å²) in [6, 6.07) is 8.22. The molecule has 0 radical (unpaired) electrons. The van der Waals surface area contributed by atoms with E-state index in [1.54, 1.807) is 25.2 Å². The van der Waals surface area contributed by atoms with Gasteiger partial charge in [0.25, 0.3) is 0 Å². The molecule has 0 N–H and O–H groups in total. The first-order chi connectivity index (χ1) is 9.49. The van der Waals surface area contributed by atoms with Gasteiger partial charge in [-0.25, -0.2) is 4.98 Å².